The fraction of sp³-hybridized carbons (Fsp3) is 0. The number of ether oxygens (including phenoxy) is 1. The van der Waals surface area contributed by atoms with Gasteiger partial charge in [-0.05, 0) is 34.1 Å². The molecule has 2 aromatic rings. The van der Waals surface area contributed by atoms with Gasteiger partial charge in [0.25, 0.3) is 0 Å². The van der Waals surface area contributed by atoms with Crippen molar-refractivity contribution in [3.63, 3.8) is 0 Å². The minimum atomic E-state index is -1.04. The number of hydrogen-bond acceptors (Lipinski definition) is 3. The van der Waals surface area contributed by atoms with Crippen molar-refractivity contribution in [1.82, 2.24) is 0 Å². The largest absolute Gasteiger partial charge is 0.449 e. The lowest BCUT2D eigenvalue weighted by Gasteiger charge is -2.09. The molecule has 0 aromatic heterocycles. The summed E-state index contributed by atoms with van der Waals surface area (Å²) < 4.78 is 32.2. The Balaban J connectivity index is 2.48. The molecule has 104 valence electrons. The van der Waals surface area contributed by atoms with Gasteiger partial charge in [0, 0.05) is 6.07 Å². The number of rotatable bonds is 3. The molecular weight excluding hydrogens is 359 g/mol. The van der Waals surface area contributed by atoms with E-state index in [1.807, 2.05) is 0 Å². The number of para-hydroxylation sites is 1. The predicted octanol–water partition coefficient (Wildman–Crippen LogP) is 5.08. The van der Waals surface area contributed by atoms with Crippen LogP contribution in [0.3, 0.4) is 0 Å². The molecule has 8 heteroatoms. The first-order chi connectivity index (χ1) is 9.40. The lowest BCUT2D eigenvalue weighted by Crippen LogP contribution is -1.97. The third kappa shape index (κ3) is 2.88. The lowest BCUT2D eigenvalue weighted by molar-refractivity contribution is -0.388. The average molecular weight is 365 g/mol. The van der Waals surface area contributed by atoms with Gasteiger partial charge < -0.3 is 4.74 Å². The monoisotopic (exact) mass is 363 g/mol. The van der Waals surface area contributed by atoms with Crippen LogP contribution in [0.5, 0.6) is 11.5 Å². The molecule has 2 rings (SSSR count). The Morgan fingerprint density at radius 2 is 1.90 bits per heavy atom. The SMILES string of the molecule is O=[N+]([O-])c1c(F)cccc1Oc1cc(F)c(Cl)cc1Br. The topological polar surface area (TPSA) is 52.4 Å². The van der Waals surface area contributed by atoms with E-state index in [1.54, 1.807) is 0 Å². The van der Waals surface area contributed by atoms with E-state index >= 15 is 0 Å². The summed E-state index contributed by atoms with van der Waals surface area (Å²) >= 11 is 8.65. The van der Waals surface area contributed by atoms with Gasteiger partial charge in [0.15, 0.2) is 0 Å². The Kier molecular flexibility index (Phi) is 4.20. The Morgan fingerprint density at radius 1 is 1.20 bits per heavy atom. The fourth-order valence-corrected chi connectivity index (χ4v) is 2.18. The van der Waals surface area contributed by atoms with Crippen molar-refractivity contribution in [3.05, 3.63) is 61.6 Å². The zero-order chi connectivity index (χ0) is 14.9. The van der Waals surface area contributed by atoms with E-state index in [4.69, 9.17) is 16.3 Å². The molecule has 20 heavy (non-hydrogen) atoms. The highest BCUT2D eigenvalue weighted by atomic mass is 79.9. The quantitative estimate of drug-likeness (QED) is 0.433. The third-order valence-corrected chi connectivity index (χ3v) is 3.24. The molecule has 0 heterocycles. The van der Waals surface area contributed by atoms with Gasteiger partial charge in [-0.25, -0.2) is 4.39 Å². The minimum absolute atomic E-state index is 0.0550. The van der Waals surface area contributed by atoms with Crippen molar-refractivity contribution in [2.75, 3.05) is 0 Å². The van der Waals surface area contributed by atoms with E-state index in [-0.39, 0.29) is 21.0 Å². The summed E-state index contributed by atoms with van der Waals surface area (Å²) in [6.07, 6.45) is 0. The fourth-order valence-electron chi connectivity index (χ4n) is 1.46. The molecule has 0 aliphatic carbocycles. The number of nitro groups is 1. The molecule has 0 radical (unpaired) electrons. The molecular formula is C12H5BrClF2NO3. The highest BCUT2D eigenvalue weighted by Gasteiger charge is 2.22. The van der Waals surface area contributed by atoms with Gasteiger partial charge >= 0.3 is 5.69 Å². The van der Waals surface area contributed by atoms with Crippen LogP contribution >= 0.6 is 27.5 Å². The minimum Gasteiger partial charge on any atom is -0.449 e. The summed E-state index contributed by atoms with van der Waals surface area (Å²) in [5.74, 6) is -2.19. The van der Waals surface area contributed by atoms with Gasteiger partial charge in [0.05, 0.1) is 14.4 Å². The lowest BCUT2D eigenvalue weighted by atomic mass is 10.2. The molecule has 0 saturated carbocycles. The van der Waals surface area contributed by atoms with E-state index in [0.29, 0.717) is 0 Å². The van der Waals surface area contributed by atoms with Crippen molar-refractivity contribution in [1.29, 1.82) is 0 Å². The van der Waals surface area contributed by atoms with Crippen molar-refractivity contribution in [2.24, 2.45) is 0 Å². The summed E-state index contributed by atoms with van der Waals surface area (Å²) in [6.45, 7) is 0. The summed E-state index contributed by atoms with van der Waals surface area (Å²) in [7, 11) is 0. The smallest absolute Gasteiger partial charge is 0.346 e. The standard InChI is InChI=1S/C12H5BrClF2NO3/c13-6-4-7(14)9(16)5-11(6)20-10-3-1-2-8(15)12(10)17(18)19/h1-5H. The van der Waals surface area contributed by atoms with E-state index in [1.165, 1.54) is 18.2 Å². The second-order valence-corrected chi connectivity index (χ2v) is 4.90. The highest BCUT2D eigenvalue weighted by molar-refractivity contribution is 9.10. The Labute approximate surface area is 125 Å². The molecule has 0 N–H and O–H groups in total. The molecule has 0 saturated heterocycles. The van der Waals surface area contributed by atoms with Crippen LogP contribution in [0.15, 0.2) is 34.8 Å². The molecule has 0 atom stereocenters. The molecule has 0 spiro atoms. The van der Waals surface area contributed by atoms with Crippen LogP contribution in [0.2, 0.25) is 5.02 Å². The van der Waals surface area contributed by atoms with Gasteiger partial charge in [-0.1, -0.05) is 17.7 Å². The van der Waals surface area contributed by atoms with Crippen LogP contribution in [0.4, 0.5) is 14.5 Å². The molecule has 0 bridgehead atoms. The molecule has 0 aliphatic rings. The molecule has 2 aromatic carbocycles. The number of benzene rings is 2. The van der Waals surface area contributed by atoms with Crippen LogP contribution in [0.1, 0.15) is 0 Å². The maximum absolute atomic E-state index is 13.4. The Hall–Kier alpha value is -1.73. The summed E-state index contributed by atoms with van der Waals surface area (Å²) in [5.41, 5.74) is -0.824. The zero-order valence-corrected chi connectivity index (χ0v) is 11.9. The first kappa shape index (κ1) is 14.7. The Bertz CT molecular complexity index is 697. The van der Waals surface area contributed by atoms with Crippen LogP contribution in [0.25, 0.3) is 0 Å². The van der Waals surface area contributed by atoms with Crippen molar-refractivity contribution in [2.45, 2.75) is 0 Å². The summed E-state index contributed by atoms with van der Waals surface area (Å²) in [4.78, 5) is 9.91. The second-order valence-electron chi connectivity index (χ2n) is 3.64. The van der Waals surface area contributed by atoms with Crippen LogP contribution in [-0.2, 0) is 0 Å². The van der Waals surface area contributed by atoms with Gasteiger partial charge in [0.2, 0.25) is 11.6 Å². The summed E-state index contributed by atoms with van der Waals surface area (Å²) in [5, 5.41) is 10.7. The van der Waals surface area contributed by atoms with E-state index in [0.717, 1.165) is 12.1 Å². The van der Waals surface area contributed by atoms with Crippen molar-refractivity contribution < 1.29 is 18.4 Å². The van der Waals surface area contributed by atoms with E-state index in [2.05, 4.69) is 15.9 Å². The van der Waals surface area contributed by atoms with E-state index in [9.17, 15) is 18.9 Å². The van der Waals surface area contributed by atoms with Crippen molar-refractivity contribution >= 4 is 33.2 Å². The third-order valence-electron chi connectivity index (χ3n) is 2.33. The molecule has 0 unspecified atom stereocenters. The molecule has 4 nitrogen and oxygen atoms in total. The predicted molar refractivity (Wildman–Crippen MR) is 72.2 cm³/mol. The van der Waals surface area contributed by atoms with Crippen LogP contribution < -0.4 is 4.74 Å². The van der Waals surface area contributed by atoms with Gasteiger partial charge in [-0.15, -0.1) is 0 Å². The maximum Gasteiger partial charge on any atom is 0.346 e. The van der Waals surface area contributed by atoms with Gasteiger partial charge in [-0.2, -0.15) is 4.39 Å². The molecule has 0 amide bonds. The van der Waals surface area contributed by atoms with Crippen LogP contribution in [-0.4, -0.2) is 4.92 Å². The first-order valence-electron chi connectivity index (χ1n) is 5.15. The average Bonchev–Trinajstić information content (AvgIpc) is 2.35. The first-order valence-corrected chi connectivity index (χ1v) is 6.32. The Morgan fingerprint density at radius 3 is 2.55 bits per heavy atom. The van der Waals surface area contributed by atoms with E-state index < -0.39 is 22.2 Å². The van der Waals surface area contributed by atoms with Gasteiger partial charge in [0.1, 0.15) is 11.6 Å². The number of halogens is 4. The maximum atomic E-state index is 13.4. The zero-order valence-electron chi connectivity index (χ0n) is 9.57. The number of nitro benzene ring substituents is 1. The second kappa shape index (κ2) is 5.72. The highest BCUT2D eigenvalue weighted by Crippen LogP contribution is 2.38. The number of nitrogens with zero attached hydrogens (tertiary/aromatic N) is 1. The summed E-state index contributed by atoms with van der Waals surface area (Å²) in [6, 6.07) is 5.57. The van der Waals surface area contributed by atoms with Gasteiger partial charge in [-0.3, -0.25) is 10.1 Å². The number of hydrogen-bond donors (Lipinski definition) is 0. The van der Waals surface area contributed by atoms with Crippen LogP contribution in [0, 0.1) is 21.7 Å². The van der Waals surface area contributed by atoms with Crippen molar-refractivity contribution in [3.8, 4) is 11.5 Å². The normalized spacial score (nSPS) is 10.4. The molecule has 0 fully saturated rings. The molecule has 0 aliphatic heterocycles.